The van der Waals surface area contributed by atoms with Gasteiger partial charge in [0.1, 0.15) is 5.60 Å². The molecule has 0 aliphatic heterocycles. The van der Waals surface area contributed by atoms with Gasteiger partial charge in [-0.15, -0.1) is 11.3 Å². The van der Waals surface area contributed by atoms with Crippen LogP contribution in [0.15, 0.2) is 33.3 Å². The van der Waals surface area contributed by atoms with Crippen LogP contribution in [0.1, 0.15) is 17.4 Å². The summed E-state index contributed by atoms with van der Waals surface area (Å²) in [5.41, 5.74) is -1.17. The third-order valence-corrected chi connectivity index (χ3v) is 4.48. The molecule has 2 aromatic heterocycles. The maximum absolute atomic E-state index is 12.0. The molecule has 0 spiro atoms. The van der Waals surface area contributed by atoms with Crippen molar-refractivity contribution >= 4 is 11.3 Å². The van der Waals surface area contributed by atoms with Crippen molar-refractivity contribution in [1.82, 2.24) is 14.5 Å². The van der Waals surface area contributed by atoms with Crippen LogP contribution in [0.2, 0.25) is 0 Å². The van der Waals surface area contributed by atoms with E-state index in [1.807, 2.05) is 17.5 Å². The van der Waals surface area contributed by atoms with Gasteiger partial charge < -0.3 is 15.0 Å². The minimum absolute atomic E-state index is 0.294. The molecule has 2 rings (SSSR count). The molecular formula is C14H19N3O3S. The zero-order valence-corrected chi connectivity index (χ0v) is 13.1. The highest BCUT2D eigenvalue weighted by molar-refractivity contribution is 7.10. The molecule has 2 aromatic rings. The van der Waals surface area contributed by atoms with Gasteiger partial charge in [0.15, 0.2) is 0 Å². The second-order valence-electron chi connectivity index (χ2n) is 5.27. The molecule has 0 bridgehead atoms. The van der Waals surface area contributed by atoms with E-state index in [0.29, 0.717) is 18.7 Å². The van der Waals surface area contributed by atoms with Crippen molar-refractivity contribution in [2.45, 2.75) is 19.1 Å². The lowest BCUT2D eigenvalue weighted by molar-refractivity contribution is 0.0604. The molecule has 0 fully saturated rings. The number of nitrogens with one attached hydrogen (secondary N) is 1. The van der Waals surface area contributed by atoms with Gasteiger partial charge in [0, 0.05) is 43.8 Å². The largest absolute Gasteiger partial charge is 0.383 e. The lowest BCUT2D eigenvalue weighted by Crippen LogP contribution is -2.41. The second kappa shape index (κ2) is 5.97. The average Bonchev–Trinajstić information content (AvgIpc) is 2.97. The van der Waals surface area contributed by atoms with E-state index in [1.165, 1.54) is 29.1 Å². The second-order valence-corrected chi connectivity index (χ2v) is 6.21. The van der Waals surface area contributed by atoms with E-state index in [2.05, 4.69) is 5.32 Å². The number of rotatable bonds is 5. The fourth-order valence-corrected chi connectivity index (χ4v) is 2.90. The van der Waals surface area contributed by atoms with E-state index in [4.69, 9.17) is 0 Å². The monoisotopic (exact) mass is 309 g/mol. The summed E-state index contributed by atoms with van der Waals surface area (Å²) < 4.78 is 2.45. The number of thiophene rings is 1. The van der Waals surface area contributed by atoms with Gasteiger partial charge in [-0.05, 0) is 18.4 Å². The number of aryl methyl sites for hydroxylation is 1. The molecule has 0 saturated heterocycles. The topological polar surface area (TPSA) is 76.3 Å². The smallest absolute Gasteiger partial charge is 0.330 e. The lowest BCUT2D eigenvalue weighted by atomic mass is 10.1. The van der Waals surface area contributed by atoms with Crippen LogP contribution in [0.4, 0.5) is 0 Å². The Hall–Kier alpha value is -1.70. The number of aliphatic hydroxyl groups is 1. The first-order chi connectivity index (χ1) is 9.83. The fraction of sp³-hybridized carbons (Fsp3) is 0.429. The summed E-state index contributed by atoms with van der Waals surface area (Å²) in [4.78, 5) is 24.4. The molecule has 0 radical (unpaired) electrons. The van der Waals surface area contributed by atoms with Crippen LogP contribution >= 0.6 is 11.3 Å². The van der Waals surface area contributed by atoms with E-state index < -0.39 is 5.60 Å². The predicted octanol–water partition coefficient (Wildman–Crippen LogP) is 0.143. The Morgan fingerprint density at radius 1 is 1.38 bits per heavy atom. The van der Waals surface area contributed by atoms with Gasteiger partial charge in [-0.2, -0.15) is 0 Å². The summed E-state index contributed by atoms with van der Waals surface area (Å²) in [7, 11) is 3.06. The van der Waals surface area contributed by atoms with Crippen LogP contribution in [-0.2, 0) is 26.2 Å². The van der Waals surface area contributed by atoms with Crippen LogP contribution in [-0.4, -0.2) is 20.8 Å². The van der Waals surface area contributed by atoms with E-state index in [-0.39, 0.29) is 11.2 Å². The van der Waals surface area contributed by atoms with Crippen LogP contribution in [0.3, 0.4) is 0 Å². The molecule has 1 unspecified atom stereocenters. The summed E-state index contributed by atoms with van der Waals surface area (Å²) >= 11 is 1.48. The van der Waals surface area contributed by atoms with Crippen molar-refractivity contribution in [1.29, 1.82) is 0 Å². The summed E-state index contributed by atoms with van der Waals surface area (Å²) in [6, 6.07) is 3.76. The molecule has 0 saturated carbocycles. The van der Waals surface area contributed by atoms with Gasteiger partial charge in [0.05, 0.1) is 0 Å². The molecule has 21 heavy (non-hydrogen) atoms. The van der Waals surface area contributed by atoms with Crippen LogP contribution in [0.5, 0.6) is 0 Å². The average molecular weight is 309 g/mol. The van der Waals surface area contributed by atoms with Crippen LogP contribution in [0.25, 0.3) is 0 Å². The highest BCUT2D eigenvalue weighted by atomic mass is 32.1. The molecular weight excluding hydrogens is 290 g/mol. The van der Waals surface area contributed by atoms with E-state index in [1.54, 1.807) is 14.0 Å². The first-order valence-electron chi connectivity index (χ1n) is 6.55. The Labute approximate surface area is 126 Å². The lowest BCUT2D eigenvalue weighted by Gasteiger charge is -2.22. The molecule has 1 atom stereocenters. The van der Waals surface area contributed by atoms with Gasteiger partial charge in [-0.1, -0.05) is 6.07 Å². The van der Waals surface area contributed by atoms with Crippen LogP contribution in [0, 0.1) is 0 Å². The van der Waals surface area contributed by atoms with Gasteiger partial charge in [0.2, 0.25) is 0 Å². The van der Waals surface area contributed by atoms with Crippen molar-refractivity contribution in [3.05, 3.63) is 55.0 Å². The maximum Gasteiger partial charge on any atom is 0.330 e. The predicted molar refractivity (Wildman–Crippen MR) is 82.5 cm³/mol. The summed E-state index contributed by atoms with van der Waals surface area (Å²) in [5.74, 6) is 0. The Bertz CT molecular complexity index is 729. The number of aromatic nitrogens is 2. The van der Waals surface area contributed by atoms with Gasteiger partial charge >= 0.3 is 5.69 Å². The Morgan fingerprint density at radius 3 is 2.71 bits per heavy atom. The first kappa shape index (κ1) is 15.7. The minimum atomic E-state index is -0.986. The molecule has 2 N–H and O–H groups in total. The van der Waals surface area contributed by atoms with E-state index in [0.717, 1.165) is 9.44 Å². The van der Waals surface area contributed by atoms with Crippen molar-refractivity contribution in [2.24, 2.45) is 14.1 Å². The van der Waals surface area contributed by atoms with Crippen molar-refractivity contribution in [3.8, 4) is 0 Å². The zero-order valence-electron chi connectivity index (χ0n) is 12.3. The number of hydrogen-bond acceptors (Lipinski definition) is 5. The Morgan fingerprint density at radius 2 is 2.10 bits per heavy atom. The number of hydrogen-bond donors (Lipinski definition) is 2. The van der Waals surface area contributed by atoms with Gasteiger partial charge in [-0.25, -0.2) is 4.79 Å². The van der Waals surface area contributed by atoms with Crippen molar-refractivity contribution in [3.63, 3.8) is 0 Å². The fourth-order valence-electron chi connectivity index (χ4n) is 2.12. The molecule has 0 aromatic carbocycles. The van der Waals surface area contributed by atoms with Crippen molar-refractivity contribution < 1.29 is 5.11 Å². The molecule has 2 heterocycles. The van der Waals surface area contributed by atoms with Gasteiger partial charge in [-0.3, -0.25) is 9.36 Å². The van der Waals surface area contributed by atoms with Crippen LogP contribution < -0.4 is 16.6 Å². The normalized spacial score (nSPS) is 14.1. The SMILES string of the molecule is Cn1cc(CNCC(C)(O)c2cccs2)c(=O)n(C)c1=O. The molecule has 0 aliphatic rings. The Kier molecular flexibility index (Phi) is 4.46. The third kappa shape index (κ3) is 3.31. The highest BCUT2D eigenvalue weighted by Gasteiger charge is 2.23. The number of nitrogens with zero attached hydrogens (tertiary/aromatic N) is 2. The zero-order chi connectivity index (χ0) is 15.6. The van der Waals surface area contributed by atoms with E-state index in [9.17, 15) is 14.7 Å². The minimum Gasteiger partial charge on any atom is -0.383 e. The maximum atomic E-state index is 12.0. The quantitative estimate of drug-likeness (QED) is 0.824. The molecule has 7 heteroatoms. The van der Waals surface area contributed by atoms with E-state index >= 15 is 0 Å². The first-order valence-corrected chi connectivity index (χ1v) is 7.43. The third-order valence-electron chi connectivity index (χ3n) is 3.35. The summed E-state index contributed by atoms with van der Waals surface area (Å²) in [6.45, 7) is 2.34. The summed E-state index contributed by atoms with van der Waals surface area (Å²) in [6.07, 6.45) is 1.53. The standard InChI is InChI=1S/C14H19N3O3S/c1-14(20,11-5-4-6-21-11)9-15-7-10-8-16(2)13(19)17(3)12(10)18/h4-6,8,15,20H,7,9H2,1-3H3. The Balaban J connectivity index is 2.08. The van der Waals surface area contributed by atoms with Crippen molar-refractivity contribution in [2.75, 3.05) is 6.54 Å². The van der Waals surface area contributed by atoms with Gasteiger partial charge in [0.25, 0.3) is 5.56 Å². The highest BCUT2D eigenvalue weighted by Crippen LogP contribution is 2.24. The molecule has 6 nitrogen and oxygen atoms in total. The summed E-state index contributed by atoms with van der Waals surface area (Å²) in [5, 5.41) is 15.4. The molecule has 114 valence electrons. The molecule has 0 aliphatic carbocycles. The molecule has 0 amide bonds.